The maximum absolute atomic E-state index is 14.3. The van der Waals surface area contributed by atoms with E-state index < -0.39 is 34.7 Å². The van der Waals surface area contributed by atoms with E-state index in [1.54, 1.807) is 36.4 Å². The molecule has 3 aliphatic rings. The summed E-state index contributed by atoms with van der Waals surface area (Å²) in [6, 6.07) is 13.5. The van der Waals surface area contributed by atoms with Crippen LogP contribution in [0.1, 0.15) is 77.9 Å². The van der Waals surface area contributed by atoms with E-state index in [4.69, 9.17) is 4.74 Å². The zero-order valence-corrected chi connectivity index (χ0v) is 20.0. The van der Waals surface area contributed by atoms with E-state index >= 15 is 0 Å². The van der Waals surface area contributed by atoms with Gasteiger partial charge in [-0.05, 0) is 36.8 Å². The lowest BCUT2D eigenvalue weighted by Crippen LogP contribution is -2.61. The van der Waals surface area contributed by atoms with Crippen LogP contribution in [0.25, 0.3) is 0 Å². The molecule has 3 atom stereocenters. The third-order valence-corrected chi connectivity index (χ3v) is 8.91. The summed E-state index contributed by atoms with van der Waals surface area (Å²) in [5, 5.41) is 0. The topological polar surface area (TPSA) is 80.8 Å². The van der Waals surface area contributed by atoms with E-state index in [-0.39, 0.29) is 24.2 Å². The monoisotopic (exact) mass is 459 g/mol. The molecule has 1 aliphatic carbocycles. The number of hydrogen-bond donors (Lipinski definition) is 0. The predicted octanol–water partition coefficient (Wildman–Crippen LogP) is 4.66. The Bertz CT molecular complexity index is 1230. The Balaban J connectivity index is 1.57. The highest BCUT2D eigenvalue weighted by molar-refractivity contribution is 6.16. The van der Waals surface area contributed by atoms with Crippen LogP contribution in [0.15, 0.2) is 48.5 Å². The van der Waals surface area contributed by atoms with E-state index in [0.717, 1.165) is 5.56 Å². The van der Waals surface area contributed by atoms with Gasteiger partial charge in [-0.25, -0.2) is 0 Å². The van der Waals surface area contributed by atoms with Gasteiger partial charge >= 0.3 is 5.97 Å². The van der Waals surface area contributed by atoms with Crippen molar-refractivity contribution in [1.29, 1.82) is 0 Å². The lowest BCUT2D eigenvalue weighted by atomic mass is 9.57. The van der Waals surface area contributed by atoms with Crippen molar-refractivity contribution in [1.82, 2.24) is 4.90 Å². The summed E-state index contributed by atoms with van der Waals surface area (Å²) in [6.07, 6.45) is 0.937. The van der Waals surface area contributed by atoms with Gasteiger partial charge in [0.2, 0.25) is 5.91 Å². The first-order valence-electron chi connectivity index (χ1n) is 11.8. The van der Waals surface area contributed by atoms with Gasteiger partial charge in [0.05, 0.1) is 12.6 Å². The molecule has 1 saturated heterocycles. The molecule has 34 heavy (non-hydrogen) atoms. The molecule has 1 saturated carbocycles. The number of Topliss-reactive ketones (excluding diaryl/α,β-unsaturated/α-hetero) is 1. The molecule has 176 valence electrons. The standard InChI is InChI=1S/C28H29NO5/c1-17-9-11-18(12-10-17)22(30)15-21-19-7-5-6-8-20(19)23(31)29(21)24(32)28-14-13-27(4,26(28,2)3)16-34-25(28)33/h5-12,21H,13-16H2,1-4H3/t21-,27-,28-/m0/s1. The number of esters is 1. The van der Waals surface area contributed by atoms with Gasteiger partial charge in [0.25, 0.3) is 5.91 Å². The molecule has 2 heterocycles. The molecule has 2 fully saturated rings. The molecular weight excluding hydrogens is 430 g/mol. The van der Waals surface area contributed by atoms with Crippen LogP contribution in [0.4, 0.5) is 0 Å². The Hall–Kier alpha value is -3.28. The predicted molar refractivity (Wildman–Crippen MR) is 125 cm³/mol. The Morgan fingerprint density at radius 3 is 2.38 bits per heavy atom. The minimum atomic E-state index is -1.46. The average Bonchev–Trinajstić information content (AvgIpc) is 3.13. The van der Waals surface area contributed by atoms with Crippen LogP contribution in [0.5, 0.6) is 0 Å². The van der Waals surface area contributed by atoms with Crippen LogP contribution in [0.3, 0.4) is 0 Å². The fourth-order valence-corrected chi connectivity index (χ4v) is 6.09. The fourth-order valence-electron chi connectivity index (χ4n) is 6.09. The van der Waals surface area contributed by atoms with Gasteiger partial charge in [-0.1, -0.05) is 68.8 Å². The second-order valence-corrected chi connectivity index (χ2v) is 10.7. The number of imide groups is 1. The van der Waals surface area contributed by atoms with Crippen molar-refractivity contribution in [3.63, 3.8) is 0 Å². The number of cyclic esters (lactones) is 1. The molecule has 0 aromatic heterocycles. The third-order valence-electron chi connectivity index (χ3n) is 8.91. The number of nitrogens with zero attached hydrogens (tertiary/aromatic N) is 1. The molecule has 0 spiro atoms. The van der Waals surface area contributed by atoms with E-state index in [1.165, 1.54) is 4.90 Å². The van der Waals surface area contributed by atoms with E-state index in [1.807, 2.05) is 39.8 Å². The number of carbonyl (C=O) groups is 4. The number of ether oxygens (including phenoxy) is 1. The van der Waals surface area contributed by atoms with Crippen molar-refractivity contribution < 1.29 is 23.9 Å². The summed E-state index contributed by atoms with van der Waals surface area (Å²) >= 11 is 0. The molecule has 5 rings (SSSR count). The quantitative estimate of drug-likeness (QED) is 0.287. The van der Waals surface area contributed by atoms with Crippen molar-refractivity contribution in [2.75, 3.05) is 6.61 Å². The zero-order chi connectivity index (χ0) is 24.5. The second-order valence-electron chi connectivity index (χ2n) is 10.7. The Morgan fingerprint density at radius 2 is 1.68 bits per heavy atom. The van der Waals surface area contributed by atoms with Crippen LogP contribution < -0.4 is 0 Å². The first kappa shape index (κ1) is 22.5. The van der Waals surface area contributed by atoms with E-state index in [2.05, 4.69) is 0 Å². The number of hydrogen-bond acceptors (Lipinski definition) is 5. The van der Waals surface area contributed by atoms with Gasteiger partial charge in [0.1, 0.15) is 0 Å². The van der Waals surface area contributed by atoms with Crippen LogP contribution in [0.2, 0.25) is 0 Å². The summed E-state index contributed by atoms with van der Waals surface area (Å²) in [7, 11) is 0. The summed E-state index contributed by atoms with van der Waals surface area (Å²) < 4.78 is 5.53. The van der Waals surface area contributed by atoms with E-state index in [0.29, 0.717) is 29.5 Å². The molecule has 6 heteroatoms. The largest absolute Gasteiger partial charge is 0.464 e. The van der Waals surface area contributed by atoms with Crippen molar-refractivity contribution in [3.05, 3.63) is 70.8 Å². The molecule has 2 aromatic rings. The zero-order valence-electron chi connectivity index (χ0n) is 20.0. The molecule has 2 aromatic carbocycles. The molecule has 2 amide bonds. The van der Waals surface area contributed by atoms with Crippen LogP contribution in [0, 0.1) is 23.2 Å². The second kappa shape index (κ2) is 7.36. The van der Waals surface area contributed by atoms with Crippen LogP contribution in [-0.2, 0) is 14.3 Å². The maximum atomic E-state index is 14.3. The number of aryl methyl sites for hydroxylation is 1. The summed E-state index contributed by atoms with van der Waals surface area (Å²) in [4.78, 5) is 55.5. The smallest absolute Gasteiger partial charge is 0.322 e. The Labute approximate surface area is 199 Å². The maximum Gasteiger partial charge on any atom is 0.322 e. The summed E-state index contributed by atoms with van der Waals surface area (Å²) in [5.41, 5.74) is 0.0853. The number of amides is 2. The normalized spacial score (nSPS) is 29.1. The molecule has 2 aliphatic heterocycles. The van der Waals surface area contributed by atoms with Gasteiger partial charge in [-0.2, -0.15) is 0 Å². The number of fused-ring (bicyclic) bond motifs is 3. The summed E-state index contributed by atoms with van der Waals surface area (Å²) in [6.45, 7) is 8.10. The van der Waals surface area contributed by atoms with Gasteiger partial charge in [-0.15, -0.1) is 0 Å². The van der Waals surface area contributed by atoms with Crippen LogP contribution in [-0.4, -0.2) is 35.1 Å². The van der Waals surface area contributed by atoms with Crippen molar-refractivity contribution in [3.8, 4) is 0 Å². The Morgan fingerprint density at radius 1 is 1.00 bits per heavy atom. The molecule has 0 radical (unpaired) electrons. The summed E-state index contributed by atoms with van der Waals surface area (Å²) in [5.74, 6) is -1.73. The third kappa shape index (κ3) is 2.80. The first-order valence-corrected chi connectivity index (χ1v) is 11.8. The number of rotatable bonds is 4. The van der Waals surface area contributed by atoms with Gasteiger partial charge < -0.3 is 4.74 Å². The highest BCUT2D eigenvalue weighted by Gasteiger charge is 2.73. The minimum absolute atomic E-state index is 0.0413. The van der Waals surface area contributed by atoms with Crippen molar-refractivity contribution in [2.24, 2.45) is 16.2 Å². The van der Waals surface area contributed by atoms with Gasteiger partial charge in [0.15, 0.2) is 11.2 Å². The number of carbonyl (C=O) groups excluding carboxylic acids is 4. The van der Waals surface area contributed by atoms with E-state index in [9.17, 15) is 19.2 Å². The number of ketones is 1. The minimum Gasteiger partial charge on any atom is -0.464 e. The van der Waals surface area contributed by atoms with Crippen molar-refractivity contribution in [2.45, 2.75) is 53.0 Å². The molecule has 6 nitrogen and oxygen atoms in total. The van der Waals surface area contributed by atoms with Crippen LogP contribution >= 0.6 is 0 Å². The van der Waals surface area contributed by atoms with Gasteiger partial charge in [-0.3, -0.25) is 24.1 Å². The molecule has 0 N–H and O–H groups in total. The Kier molecular flexibility index (Phi) is 4.87. The molecule has 0 unspecified atom stereocenters. The SMILES string of the molecule is Cc1ccc(C(=O)C[C@H]2c3ccccc3C(=O)N2C(=O)[C@@]23CC[C@@](C)(COC2=O)C3(C)C)cc1. The number of benzene rings is 2. The van der Waals surface area contributed by atoms with Crippen molar-refractivity contribution >= 4 is 23.6 Å². The van der Waals surface area contributed by atoms with Gasteiger partial charge in [0, 0.05) is 23.0 Å². The lowest BCUT2D eigenvalue weighted by molar-refractivity contribution is -0.192. The fraction of sp³-hybridized carbons (Fsp3) is 0.429. The molecule has 2 bridgehead atoms. The molecular formula is C28H29NO5. The highest BCUT2D eigenvalue weighted by Crippen LogP contribution is 2.66. The average molecular weight is 460 g/mol. The highest BCUT2D eigenvalue weighted by atomic mass is 16.5. The lowest BCUT2D eigenvalue weighted by Gasteiger charge is -2.50. The first-order chi connectivity index (χ1) is 16.0.